The van der Waals surface area contributed by atoms with Gasteiger partial charge in [0.25, 0.3) is 0 Å². The third-order valence-electron chi connectivity index (χ3n) is 7.17. The van der Waals surface area contributed by atoms with Crippen molar-refractivity contribution in [2.24, 2.45) is 0 Å². The molecule has 0 saturated carbocycles. The molecule has 0 amide bonds. The molecule has 2 aromatic carbocycles. The molecule has 1 aromatic heterocycles. The zero-order valence-corrected chi connectivity index (χ0v) is 22.1. The molecule has 2 aliphatic rings. The monoisotopic (exact) mass is 499 g/mol. The highest BCUT2D eigenvalue weighted by molar-refractivity contribution is 7.98. The Balaban J connectivity index is 1.26. The van der Waals surface area contributed by atoms with E-state index in [1.807, 2.05) is 26.0 Å². The second-order valence-electron chi connectivity index (χ2n) is 9.83. The summed E-state index contributed by atoms with van der Waals surface area (Å²) < 4.78 is 6.40. The minimum atomic E-state index is 0.353. The molecule has 5 rings (SSSR count). The molecule has 186 valence electrons. The van der Waals surface area contributed by atoms with Gasteiger partial charge < -0.3 is 10.1 Å². The van der Waals surface area contributed by atoms with Crippen LogP contribution in [-0.4, -0.2) is 40.3 Å². The van der Waals surface area contributed by atoms with Crippen LogP contribution in [0.3, 0.4) is 0 Å². The van der Waals surface area contributed by atoms with Crippen molar-refractivity contribution in [3.05, 3.63) is 69.9 Å². The van der Waals surface area contributed by atoms with Gasteiger partial charge in [-0.25, -0.2) is 4.98 Å². The topological polar surface area (TPSA) is 74.1 Å². The summed E-state index contributed by atoms with van der Waals surface area (Å²) >= 11 is 1.78. The van der Waals surface area contributed by atoms with Gasteiger partial charge in [-0.05, 0) is 93.2 Å². The van der Waals surface area contributed by atoms with Crippen molar-refractivity contribution in [1.82, 2.24) is 14.9 Å². The van der Waals surface area contributed by atoms with E-state index in [1.165, 1.54) is 10.5 Å². The Morgan fingerprint density at radius 2 is 1.81 bits per heavy atom. The van der Waals surface area contributed by atoms with Gasteiger partial charge in [-0.15, -0.1) is 11.8 Å². The summed E-state index contributed by atoms with van der Waals surface area (Å²) in [5.74, 6) is 2.11. The van der Waals surface area contributed by atoms with E-state index in [0.29, 0.717) is 23.4 Å². The summed E-state index contributed by atoms with van der Waals surface area (Å²) in [5.41, 5.74) is 6.12. The molecule has 36 heavy (non-hydrogen) atoms. The smallest absolute Gasteiger partial charge is 0.227 e. The summed E-state index contributed by atoms with van der Waals surface area (Å²) in [6.45, 7) is 7.07. The number of rotatable bonds is 7. The molecule has 1 saturated heterocycles. The maximum absolute atomic E-state index is 9.27. The fraction of sp³-hybridized carbons (Fsp3) is 0.414. The standard InChI is InChI=1S/C29H33N5OS/c1-19-15-22(17-30)16-20(2)27(19)35-28-25-5-4-6-26(25)32-29(33-28)31-23-11-13-34(14-12-23)18-21-7-9-24(36-3)10-8-21/h7-10,15-16,23H,4-6,11-14,18H2,1-3H3,(H,31,32,33). The van der Waals surface area contributed by atoms with Gasteiger partial charge in [0.1, 0.15) is 5.75 Å². The lowest BCUT2D eigenvalue weighted by Crippen LogP contribution is -2.39. The van der Waals surface area contributed by atoms with Crippen LogP contribution in [0.25, 0.3) is 0 Å². The number of hydrogen-bond acceptors (Lipinski definition) is 7. The molecule has 0 radical (unpaired) electrons. The maximum atomic E-state index is 9.27. The number of likely N-dealkylation sites (tertiary alicyclic amines) is 1. The Morgan fingerprint density at radius 1 is 1.08 bits per heavy atom. The minimum absolute atomic E-state index is 0.353. The molecular formula is C29H33N5OS. The molecule has 0 bridgehead atoms. The third-order valence-corrected chi connectivity index (χ3v) is 7.91. The number of hydrogen-bond donors (Lipinski definition) is 1. The van der Waals surface area contributed by atoms with Crippen LogP contribution < -0.4 is 10.1 Å². The number of thioether (sulfide) groups is 1. The lowest BCUT2D eigenvalue weighted by atomic mass is 10.0. The van der Waals surface area contributed by atoms with Crippen LogP contribution in [0.2, 0.25) is 0 Å². The molecule has 6 nitrogen and oxygen atoms in total. The van der Waals surface area contributed by atoms with E-state index in [0.717, 1.165) is 79.9 Å². The predicted octanol–water partition coefficient (Wildman–Crippen LogP) is 6.04. The fourth-order valence-electron chi connectivity index (χ4n) is 5.23. The molecule has 1 aliphatic heterocycles. The van der Waals surface area contributed by atoms with Crippen molar-refractivity contribution >= 4 is 17.7 Å². The minimum Gasteiger partial charge on any atom is -0.438 e. The van der Waals surface area contributed by atoms with Gasteiger partial charge in [0.2, 0.25) is 11.8 Å². The number of nitrogens with zero attached hydrogens (tertiary/aromatic N) is 4. The molecule has 1 N–H and O–H groups in total. The summed E-state index contributed by atoms with van der Waals surface area (Å²) in [7, 11) is 0. The normalized spacial score (nSPS) is 15.9. The average molecular weight is 500 g/mol. The van der Waals surface area contributed by atoms with Gasteiger partial charge in [-0.3, -0.25) is 4.90 Å². The van der Waals surface area contributed by atoms with Gasteiger partial charge in [-0.2, -0.15) is 10.2 Å². The number of ether oxygens (including phenoxy) is 1. The third kappa shape index (κ3) is 5.50. The van der Waals surface area contributed by atoms with Crippen LogP contribution in [0.4, 0.5) is 5.95 Å². The molecule has 7 heteroatoms. The van der Waals surface area contributed by atoms with Crippen molar-refractivity contribution in [3.63, 3.8) is 0 Å². The summed E-state index contributed by atoms with van der Waals surface area (Å²) in [4.78, 5) is 13.5. The highest BCUT2D eigenvalue weighted by atomic mass is 32.2. The quantitative estimate of drug-likeness (QED) is 0.397. The zero-order chi connectivity index (χ0) is 25.1. The van der Waals surface area contributed by atoms with E-state index in [2.05, 4.69) is 46.8 Å². The number of fused-ring (bicyclic) bond motifs is 1. The number of benzene rings is 2. The van der Waals surface area contributed by atoms with E-state index >= 15 is 0 Å². The first kappa shape index (κ1) is 24.6. The average Bonchev–Trinajstić information content (AvgIpc) is 3.36. The first-order valence-electron chi connectivity index (χ1n) is 12.7. The van der Waals surface area contributed by atoms with Gasteiger partial charge in [-0.1, -0.05) is 12.1 Å². The van der Waals surface area contributed by atoms with E-state index < -0.39 is 0 Å². The molecule has 0 unspecified atom stereocenters. The van der Waals surface area contributed by atoms with Gasteiger partial charge >= 0.3 is 0 Å². The van der Waals surface area contributed by atoms with Crippen LogP contribution in [0, 0.1) is 25.2 Å². The Hall–Kier alpha value is -3.08. The fourth-order valence-corrected chi connectivity index (χ4v) is 5.63. The molecule has 1 fully saturated rings. The summed E-state index contributed by atoms with van der Waals surface area (Å²) in [5, 5.41) is 12.9. The number of nitriles is 1. The Kier molecular flexibility index (Phi) is 7.45. The largest absolute Gasteiger partial charge is 0.438 e. The number of anilines is 1. The summed E-state index contributed by atoms with van der Waals surface area (Å²) in [6, 6.07) is 15.2. The molecule has 0 atom stereocenters. The SMILES string of the molecule is CSc1ccc(CN2CCC(Nc3nc4c(c(Oc5c(C)cc(C#N)cc5C)n3)CCC4)CC2)cc1. The van der Waals surface area contributed by atoms with Gasteiger partial charge in [0.15, 0.2) is 0 Å². The summed E-state index contributed by atoms with van der Waals surface area (Å²) in [6.07, 6.45) is 7.21. The van der Waals surface area contributed by atoms with Crippen molar-refractivity contribution in [2.75, 3.05) is 24.7 Å². The van der Waals surface area contributed by atoms with E-state index in [-0.39, 0.29) is 0 Å². The van der Waals surface area contributed by atoms with Crippen molar-refractivity contribution in [2.45, 2.75) is 63.4 Å². The van der Waals surface area contributed by atoms with E-state index in [4.69, 9.17) is 14.7 Å². The number of nitrogens with one attached hydrogen (secondary N) is 1. The second kappa shape index (κ2) is 10.9. The first-order chi connectivity index (χ1) is 17.5. The highest BCUT2D eigenvalue weighted by Crippen LogP contribution is 2.35. The van der Waals surface area contributed by atoms with Crippen LogP contribution in [0.1, 0.15) is 52.8 Å². The van der Waals surface area contributed by atoms with Gasteiger partial charge in [0, 0.05) is 36.1 Å². The zero-order valence-electron chi connectivity index (χ0n) is 21.3. The van der Waals surface area contributed by atoms with Crippen molar-refractivity contribution in [1.29, 1.82) is 5.26 Å². The van der Waals surface area contributed by atoms with Gasteiger partial charge in [0.05, 0.1) is 17.3 Å². The molecule has 3 aromatic rings. The first-order valence-corrected chi connectivity index (χ1v) is 14.0. The van der Waals surface area contributed by atoms with E-state index in [9.17, 15) is 5.26 Å². The van der Waals surface area contributed by atoms with Crippen molar-refractivity contribution in [3.8, 4) is 17.7 Å². The second-order valence-corrected chi connectivity index (χ2v) is 10.7. The van der Waals surface area contributed by atoms with Crippen LogP contribution in [0.5, 0.6) is 11.6 Å². The lowest BCUT2D eigenvalue weighted by Gasteiger charge is -2.32. The Morgan fingerprint density at radius 3 is 2.47 bits per heavy atom. The van der Waals surface area contributed by atoms with Crippen molar-refractivity contribution < 1.29 is 4.74 Å². The maximum Gasteiger partial charge on any atom is 0.227 e. The molecular weight excluding hydrogens is 466 g/mol. The van der Waals surface area contributed by atoms with Crippen LogP contribution in [-0.2, 0) is 19.4 Å². The molecule has 0 spiro atoms. The number of aryl methyl sites for hydroxylation is 3. The van der Waals surface area contributed by atoms with Crippen LogP contribution >= 0.6 is 11.8 Å². The number of aromatic nitrogens is 2. The van der Waals surface area contributed by atoms with E-state index in [1.54, 1.807) is 11.8 Å². The highest BCUT2D eigenvalue weighted by Gasteiger charge is 2.25. The predicted molar refractivity (Wildman–Crippen MR) is 145 cm³/mol. The number of piperidine rings is 1. The Labute approximate surface area is 218 Å². The molecule has 1 aliphatic carbocycles. The molecule has 2 heterocycles. The lowest BCUT2D eigenvalue weighted by molar-refractivity contribution is 0.211. The Bertz CT molecular complexity index is 1250. The van der Waals surface area contributed by atoms with Crippen LogP contribution in [0.15, 0.2) is 41.3 Å².